The van der Waals surface area contributed by atoms with Crippen LogP contribution >= 0.6 is 7.60 Å². The van der Waals surface area contributed by atoms with E-state index in [1.165, 1.54) is 0 Å². The monoisotopic (exact) mass is 616 g/mol. The molecule has 1 unspecified atom stereocenters. The Hall–Kier alpha value is -2.68. The summed E-state index contributed by atoms with van der Waals surface area (Å²) in [4.78, 5) is -1.40. The highest BCUT2D eigenvalue weighted by atomic mass is 32.2. The Morgan fingerprint density at radius 2 is 1.38 bits per heavy atom. The van der Waals surface area contributed by atoms with Gasteiger partial charge in [-0.1, -0.05) is 61.7 Å². The van der Waals surface area contributed by atoms with Gasteiger partial charge in [0.2, 0.25) is 0 Å². The van der Waals surface area contributed by atoms with Gasteiger partial charge < -0.3 is 18.5 Å². The Kier molecular flexibility index (Phi) is 12.0. The summed E-state index contributed by atoms with van der Waals surface area (Å²) in [7, 11) is -8.19. The Bertz CT molecular complexity index is 1400. The highest BCUT2D eigenvalue weighted by Gasteiger charge is 2.46. The molecule has 0 radical (unpaired) electrons. The molecular formula is C32H41O8PS. The van der Waals surface area contributed by atoms with Gasteiger partial charge in [-0.3, -0.25) is 8.75 Å². The molecule has 1 saturated carbocycles. The van der Waals surface area contributed by atoms with Crippen LogP contribution in [-0.4, -0.2) is 32.7 Å². The van der Waals surface area contributed by atoms with Gasteiger partial charge in [0.15, 0.2) is 16.5 Å². The summed E-state index contributed by atoms with van der Waals surface area (Å²) < 4.78 is 69.5. The molecule has 1 atom stereocenters. The maximum atomic E-state index is 13.7. The average Bonchev–Trinajstić information content (AvgIpc) is 2.97. The molecule has 4 rings (SSSR count). The van der Waals surface area contributed by atoms with Crippen molar-refractivity contribution in [2.45, 2.75) is 76.3 Å². The fraction of sp³-hybridized carbons (Fsp3) is 0.438. The fourth-order valence-corrected chi connectivity index (χ4v) is 9.61. The van der Waals surface area contributed by atoms with E-state index in [0.29, 0.717) is 48.7 Å². The maximum Gasteiger partial charge on any atom is 0.351 e. The van der Waals surface area contributed by atoms with Crippen LogP contribution in [0.3, 0.4) is 0 Å². The molecule has 228 valence electrons. The number of para-hydroxylation sites is 3. The second-order valence-corrected chi connectivity index (χ2v) is 14.5. The van der Waals surface area contributed by atoms with Crippen LogP contribution in [0.5, 0.6) is 23.0 Å². The lowest BCUT2D eigenvalue weighted by Crippen LogP contribution is -2.31. The number of ether oxygens (including phenoxy) is 2. The smallest absolute Gasteiger partial charge is 0.351 e. The van der Waals surface area contributed by atoms with E-state index < -0.39 is 28.8 Å². The Balaban J connectivity index is 1.45. The van der Waals surface area contributed by atoms with Crippen molar-refractivity contribution in [2.75, 3.05) is 13.2 Å². The number of aryl methyl sites for hydroxylation is 1. The standard InChI is InChI=1S/C32H41O8PS/c1-3-36-41(33,37-4-2)32(42(34,35)40-28-19-9-6-10-20-28)24-14-16-26-15-13-21-29(25-26)39-31-23-12-11-22-30(31)38-27-17-7-5-8-18-27/h5,7-8,11-13,15,17-18,21-23,25,28,32H,3-4,6,9-10,14,16,19-20,24H2,1-2H3. The third-order valence-electron chi connectivity index (χ3n) is 6.99. The highest BCUT2D eigenvalue weighted by molar-refractivity contribution is 7.94. The minimum absolute atomic E-state index is 0.0710. The lowest BCUT2D eigenvalue weighted by atomic mass is 9.98. The number of benzene rings is 3. The van der Waals surface area contributed by atoms with E-state index in [2.05, 4.69) is 0 Å². The van der Waals surface area contributed by atoms with E-state index in [9.17, 15) is 13.0 Å². The van der Waals surface area contributed by atoms with Crippen molar-refractivity contribution in [3.05, 3.63) is 84.4 Å². The molecule has 10 heteroatoms. The number of hydrogen-bond acceptors (Lipinski definition) is 8. The van der Waals surface area contributed by atoms with E-state index in [0.717, 1.165) is 24.8 Å². The number of rotatable bonds is 16. The van der Waals surface area contributed by atoms with Crippen LogP contribution in [0.4, 0.5) is 0 Å². The predicted molar refractivity (Wildman–Crippen MR) is 164 cm³/mol. The topological polar surface area (TPSA) is 97.4 Å². The number of hydrogen-bond donors (Lipinski definition) is 0. The molecule has 1 aliphatic carbocycles. The highest BCUT2D eigenvalue weighted by Crippen LogP contribution is 2.57. The molecular weight excluding hydrogens is 575 g/mol. The maximum absolute atomic E-state index is 13.7. The van der Waals surface area contributed by atoms with Crippen LogP contribution in [0.15, 0.2) is 78.9 Å². The Morgan fingerprint density at radius 1 is 0.786 bits per heavy atom. The molecule has 0 N–H and O–H groups in total. The van der Waals surface area contributed by atoms with Crippen molar-refractivity contribution in [1.82, 2.24) is 0 Å². The summed E-state index contributed by atoms with van der Waals surface area (Å²) in [6.45, 7) is 3.49. The second-order valence-electron chi connectivity index (χ2n) is 10.2. The Morgan fingerprint density at radius 3 is 2.02 bits per heavy atom. The third-order valence-corrected chi connectivity index (χ3v) is 12.2. The summed E-state index contributed by atoms with van der Waals surface area (Å²) in [6.07, 6.45) is 4.88. The van der Waals surface area contributed by atoms with Crippen molar-refractivity contribution in [1.29, 1.82) is 0 Å². The van der Waals surface area contributed by atoms with Gasteiger partial charge in [0.05, 0.1) is 19.3 Å². The first-order chi connectivity index (χ1) is 20.3. The quantitative estimate of drug-likeness (QED) is 0.116. The second kappa shape index (κ2) is 15.7. The van der Waals surface area contributed by atoms with Gasteiger partial charge in [-0.25, -0.2) is 0 Å². The third kappa shape index (κ3) is 9.16. The first kappa shape index (κ1) is 32.2. The largest absolute Gasteiger partial charge is 0.453 e. The molecule has 0 spiro atoms. The van der Waals surface area contributed by atoms with Crippen molar-refractivity contribution >= 4 is 17.7 Å². The zero-order valence-corrected chi connectivity index (χ0v) is 26.1. The minimum Gasteiger partial charge on any atom is -0.453 e. The van der Waals surface area contributed by atoms with Gasteiger partial charge >= 0.3 is 7.60 Å². The molecule has 0 aromatic heterocycles. The van der Waals surface area contributed by atoms with Crippen molar-refractivity contribution in [3.8, 4) is 23.0 Å². The first-order valence-electron chi connectivity index (χ1n) is 14.7. The molecule has 8 nitrogen and oxygen atoms in total. The zero-order chi connectivity index (χ0) is 29.8. The summed E-state index contributed by atoms with van der Waals surface area (Å²) in [6, 6.07) is 24.5. The first-order valence-corrected chi connectivity index (χ1v) is 17.8. The minimum atomic E-state index is -4.21. The molecule has 3 aromatic carbocycles. The van der Waals surface area contributed by atoms with Gasteiger partial charge in [0, 0.05) is 0 Å². The lowest BCUT2D eigenvalue weighted by molar-refractivity contribution is 0.158. The molecule has 0 amide bonds. The van der Waals surface area contributed by atoms with Gasteiger partial charge in [0.1, 0.15) is 11.5 Å². The summed E-state index contributed by atoms with van der Waals surface area (Å²) in [5.74, 6) is 2.48. The Labute approximate surface area is 250 Å². The van der Waals surface area contributed by atoms with E-state index in [-0.39, 0.29) is 19.6 Å². The SMILES string of the molecule is CCOP(=O)(OCC)C(CCCc1cccc(Oc2ccccc2Oc2ccccc2)c1)S(=O)(=O)OC1CCCCC1. The summed E-state index contributed by atoms with van der Waals surface area (Å²) in [5.41, 5.74) is 0.945. The molecule has 1 aliphatic rings. The normalized spacial score (nSPS) is 15.3. The molecule has 0 saturated heterocycles. The molecule has 0 aliphatic heterocycles. The molecule has 3 aromatic rings. The molecule has 42 heavy (non-hydrogen) atoms. The van der Waals surface area contributed by atoms with Crippen molar-refractivity contribution < 1.29 is 35.7 Å². The fourth-order valence-electron chi connectivity index (χ4n) is 5.05. The van der Waals surface area contributed by atoms with Crippen LogP contribution < -0.4 is 9.47 Å². The van der Waals surface area contributed by atoms with E-state index in [1.54, 1.807) is 13.8 Å². The molecule has 1 fully saturated rings. The average molecular weight is 617 g/mol. The predicted octanol–water partition coefficient (Wildman–Crippen LogP) is 8.87. The van der Waals surface area contributed by atoms with E-state index in [1.807, 2.05) is 78.9 Å². The molecule has 0 bridgehead atoms. The van der Waals surface area contributed by atoms with Crippen LogP contribution in [0.25, 0.3) is 0 Å². The molecule has 0 heterocycles. The van der Waals surface area contributed by atoms with Crippen LogP contribution in [0, 0.1) is 0 Å². The van der Waals surface area contributed by atoms with Crippen LogP contribution in [0.1, 0.15) is 64.4 Å². The zero-order valence-electron chi connectivity index (χ0n) is 24.4. The van der Waals surface area contributed by atoms with E-state index >= 15 is 0 Å². The van der Waals surface area contributed by atoms with Crippen LogP contribution in [0.2, 0.25) is 0 Å². The summed E-state index contributed by atoms with van der Waals surface area (Å²) >= 11 is 0. The van der Waals surface area contributed by atoms with Crippen molar-refractivity contribution in [3.63, 3.8) is 0 Å². The van der Waals surface area contributed by atoms with Gasteiger partial charge in [-0.2, -0.15) is 8.42 Å². The lowest BCUT2D eigenvalue weighted by Gasteiger charge is -2.28. The van der Waals surface area contributed by atoms with Gasteiger partial charge in [-0.15, -0.1) is 0 Å². The summed E-state index contributed by atoms with van der Waals surface area (Å²) in [5, 5.41) is 0. The van der Waals surface area contributed by atoms with Gasteiger partial charge in [-0.05, 0) is 87.9 Å². The van der Waals surface area contributed by atoms with Crippen LogP contribution in [-0.2, 0) is 34.3 Å². The van der Waals surface area contributed by atoms with E-state index in [4.69, 9.17) is 22.7 Å². The van der Waals surface area contributed by atoms with Crippen molar-refractivity contribution in [2.24, 2.45) is 0 Å². The van der Waals surface area contributed by atoms with Gasteiger partial charge in [0.25, 0.3) is 10.1 Å².